The molecule has 4 nitrogen and oxygen atoms in total. The fraction of sp³-hybridized carbons (Fsp3) is 0.200. The van der Waals surface area contributed by atoms with E-state index in [2.05, 4.69) is 0 Å². The Morgan fingerprint density at radius 3 is 2.63 bits per heavy atom. The van der Waals surface area contributed by atoms with Gasteiger partial charge in [0.1, 0.15) is 0 Å². The zero-order chi connectivity index (χ0) is 13.5. The number of hydrogen-bond donors (Lipinski definition) is 0. The van der Waals surface area contributed by atoms with E-state index in [1.54, 1.807) is 24.3 Å². The molecule has 0 amide bonds. The van der Waals surface area contributed by atoms with Crippen LogP contribution in [-0.2, 0) is 20.1 Å². The first kappa shape index (κ1) is 11.7. The molecule has 96 valence electrons. The molecule has 1 unspecified atom stereocenters. The van der Waals surface area contributed by atoms with Gasteiger partial charge in [0.2, 0.25) is 0 Å². The van der Waals surface area contributed by atoms with Crippen LogP contribution >= 0.6 is 0 Å². The molecule has 1 heterocycles. The number of esters is 2. The van der Waals surface area contributed by atoms with Gasteiger partial charge in [-0.1, -0.05) is 42.5 Å². The summed E-state index contributed by atoms with van der Waals surface area (Å²) in [5.74, 6) is -2.63. The minimum atomic E-state index is -1.37. The van der Waals surface area contributed by atoms with Crippen molar-refractivity contribution in [2.24, 2.45) is 5.92 Å². The molecule has 0 spiro atoms. The third kappa shape index (κ3) is 1.68. The van der Waals surface area contributed by atoms with Crippen LogP contribution in [-0.4, -0.2) is 11.9 Å². The molecule has 1 aromatic rings. The molecule has 1 aliphatic carbocycles. The monoisotopic (exact) mass is 256 g/mol. The van der Waals surface area contributed by atoms with Crippen LogP contribution in [0.2, 0.25) is 0 Å². The number of cyclic esters (lactones) is 1. The summed E-state index contributed by atoms with van der Waals surface area (Å²) in [4.78, 5) is 23.4. The molecule has 0 radical (unpaired) electrons. The molecule has 3 rings (SSSR count). The maximum atomic E-state index is 12.0. The lowest BCUT2D eigenvalue weighted by Gasteiger charge is -2.31. The van der Waals surface area contributed by atoms with E-state index in [0.717, 1.165) is 0 Å². The van der Waals surface area contributed by atoms with Crippen molar-refractivity contribution in [1.82, 2.24) is 0 Å². The second-order valence-electron chi connectivity index (χ2n) is 4.49. The van der Waals surface area contributed by atoms with Crippen LogP contribution in [0, 0.1) is 5.92 Å². The maximum absolute atomic E-state index is 12.0. The largest absolute Gasteiger partial charge is 0.417 e. The standard InChI is InChI=1S/C15H12O4/c1-10(16)18-15(11-6-2-3-7-11)13-9-5-4-8-12(13)14(17)19-15/h2-9,11H,1H3. The van der Waals surface area contributed by atoms with E-state index in [0.29, 0.717) is 11.1 Å². The van der Waals surface area contributed by atoms with E-state index in [1.807, 2.05) is 24.3 Å². The van der Waals surface area contributed by atoms with Crippen LogP contribution < -0.4 is 0 Å². The highest BCUT2D eigenvalue weighted by Crippen LogP contribution is 2.45. The average Bonchev–Trinajstić information content (AvgIpc) is 2.98. The van der Waals surface area contributed by atoms with Crippen molar-refractivity contribution in [1.29, 1.82) is 0 Å². The molecule has 1 aromatic carbocycles. The Hall–Kier alpha value is -2.36. The van der Waals surface area contributed by atoms with Crippen LogP contribution in [0.1, 0.15) is 22.8 Å². The van der Waals surface area contributed by atoms with Gasteiger partial charge in [0.05, 0.1) is 17.0 Å². The Labute approximate surface area is 110 Å². The SMILES string of the molecule is CC(=O)OC1(C2C=CC=C2)OC(=O)c2ccccc21. The zero-order valence-corrected chi connectivity index (χ0v) is 10.3. The molecule has 0 N–H and O–H groups in total. The van der Waals surface area contributed by atoms with E-state index in [-0.39, 0.29) is 5.92 Å². The quantitative estimate of drug-likeness (QED) is 0.762. The van der Waals surface area contributed by atoms with E-state index in [1.165, 1.54) is 6.92 Å². The molecule has 1 aliphatic heterocycles. The predicted octanol–water partition coefficient (Wildman–Crippen LogP) is 2.32. The molecule has 0 saturated heterocycles. The summed E-state index contributed by atoms with van der Waals surface area (Å²) in [6.07, 6.45) is 7.37. The maximum Gasteiger partial charge on any atom is 0.342 e. The summed E-state index contributed by atoms with van der Waals surface area (Å²) in [5.41, 5.74) is 1.04. The summed E-state index contributed by atoms with van der Waals surface area (Å²) in [6.45, 7) is 1.30. The van der Waals surface area contributed by atoms with Gasteiger partial charge < -0.3 is 9.47 Å². The Bertz CT molecular complexity index is 598. The van der Waals surface area contributed by atoms with Gasteiger partial charge in [-0.3, -0.25) is 4.79 Å². The third-order valence-corrected chi connectivity index (χ3v) is 3.25. The molecule has 1 atom stereocenters. The van der Waals surface area contributed by atoms with Crippen molar-refractivity contribution in [2.45, 2.75) is 12.7 Å². The highest BCUT2D eigenvalue weighted by molar-refractivity contribution is 5.95. The average molecular weight is 256 g/mol. The molecule has 0 bridgehead atoms. The van der Waals surface area contributed by atoms with Crippen molar-refractivity contribution in [3.63, 3.8) is 0 Å². The highest BCUT2D eigenvalue weighted by Gasteiger charge is 2.53. The number of benzene rings is 1. The van der Waals surface area contributed by atoms with Crippen molar-refractivity contribution in [3.05, 3.63) is 59.7 Å². The number of carbonyl (C=O) groups is 2. The van der Waals surface area contributed by atoms with Crippen molar-refractivity contribution < 1.29 is 19.1 Å². The normalized spacial score (nSPS) is 24.4. The number of ether oxygens (including phenoxy) is 2. The smallest absolute Gasteiger partial charge is 0.342 e. The lowest BCUT2D eigenvalue weighted by Crippen LogP contribution is -2.38. The van der Waals surface area contributed by atoms with E-state index < -0.39 is 17.7 Å². The fourth-order valence-corrected chi connectivity index (χ4v) is 2.50. The van der Waals surface area contributed by atoms with Crippen LogP contribution in [0.4, 0.5) is 0 Å². The third-order valence-electron chi connectivity index (χ3n) is 3.25. The summed E-state index contributed by atoms with van der Waals surface area (Å²) in [5, 5.41) is 0. The Morgan fingerprint density at radius 2 is 1.95 bits per heavy atom. The number of allylic oxidation sites excluding steroid dienone is 2. The molecule has 0 fully saturated rings. The van der Waals surface area contributed by atoms with Crippen molar-refractivity contribution in [2.75, 3.05) is 0 Å². The van der Waals surface area contributed by atoms with Gasteiger partial charge in [-0.15, -0.1) is 0 Å². The van der Waals surface area contributed by atoms with Crippen LogP contribution in [0.25, 0.3) is 0 Å². The second-order valence-corrected chi connectivity index (χ2v) is 4.49. The molecule has 19 heavy (non-hydrogen) atoms. The Morgan fingerprint density at radius 1 is 1.26 bits per heavy atom. The first-order chi connectivity index (χ1) is 9.13. The number of carbonyl (C=O) groups excluding carboxylic acids is 2. The van der Waals surface area contributed by atoms with Crippen molar-refractivity contribution in [3.8, 4) is 0 Å². The van der Waals surface area contributed by atoms with Gasteiger partial charge in [-0.25, -0.2) is 4.79 Å². The van der Waals surface area contributed by atoms with Gasteiger partial charge in [0, 0.05) is 6.92 Å². The lowest BCUT2D eigenvalue weighted by atomic mass is 9.91. The number of rotatable bonds is 2. The van der Waals surface area contributed by atoms with Crippen molar-refractivity contribution >= 4 is 11.9 Å². The minimum Gasteiger partial charge on any atom is -0.417 e. The number of fused-ring (bicyclic) bond motifs is 1. The van der Waals surface area contributed by atoms with Crippen LogP contribution in [0.3, 0.4) is 0 Å². The van der Waals surface area contributed by atoms with Gasteiger partial charge >= 0.3 is 11.9 Å². The van der Waals surface area contributed by atoms with E-state index in [4.69, 9.17) is 9.47 Å². The molecular weight excluding hydrogens is 244 g/mol. The predicted molar refractivity (Wildman–Crippen MR) is 67.1 cm³/mol. The first-order valence-corrected chi connectivity index (χ1v) is 6.01. The first-order valence-electron chi connectivity index (χ1n) is 6.01. The Balaban J connectivity index is 2.16. The summed E-state index contributed by atoms with van der Waals surface area (Å²) in [6, 6.07) is 6.97. The molecule has 0 saturated carbocycles. The summed E-state index contributed by atoms with van der Waals surface area (Å²) in [7, 11) is 0. The van der Waals surface area contributed by atoms with E-state index in [9.17, 15) is 9.59 Å². The fourth-order valence-electron chi connectivity index (χ4n) is 2.50. The topological polar surface area (TPSA) is 52.6 Å². The summed E-state index contributed by atoms with van der Waals surface area (Å²) < 4.78 is 10.8. The van der Waals surface area contributed by atoms with Crippen LogP contribution in [0.15, 0.2) is 48.6 Å². The minimum absolute atomic E-state index is 0.302. The lowest BCUT2D eigenvalue weighted by molar-refractivity contribution is -0.217. The van der Waals surface area contributed by atoms with Gasteiger partial charge in [-0.05, 0) is 6.07 Å². The van der Waals surface area contributed by atoms with E-state index >= 15 is 0 Å². The molecule has 0 aromatic heterocycles. The van der Waals surface area contributed by atoms with Gasteiger partial charge in [0.25, 0.3) is 5.79 Å². The van der Waals surface area contributed by atoms with Crippen LogP contribution in [0.5, 0.6) is 0 Å². The second kappa shape index (κ2) is 4.09. The zero-order valence-electron chi connectivity index (χ0n) is 10.3. The molecular formula is C15H12O4. The summed E-state index contributed by atoms with van der Waals surface area (Å²) >= 11 is 0. The van der Waals surface area contributed by atoms with Gasteiger partial charge in [0.15, 0.2) is 0 Å². The number of hydrogen-bond acceptors (Lipinski definition) is 4. The Kier molecular flexibility index (Phi) is 2.52. The molecule has 4 heteroatoms. The molecule has 2 aliphatic rings. The highest BCUT2D eigenvalue weighted by atomic mass is 16.7. The van der Waals surface area contributed by atoms with Gasteiger partial charge in [-0.2, -0.15) is 0 Å².